The lowest BCUT2D eigenvalue weighted by atomic mass is 10.4. The van der Waals surface area contributed by atoms with Crippen LogP contribution in [0.5, 0.6) is 0 Å². The molecule has 2 rings (SSSR count). The second-order valence-electron chi connectivity index (χ2n) is 3.74. The standard InChI is InChI=1S/C14H16N2S2/c1-3-9-15-13(7-1)17-11-5-6-12-18-14-8-2-4-10-16-14/h1-4,7-10H,5-6,11-12H2. The van der Waals surface area contributed by atoms with Crippen LogP contribution in [0, 0.1) is 0 Å². The van der Waals surface area contributed by atoms with Gasteiger partial charge in [-0.3, -0.25) is 0 Å². The number of hydrogen-bond donors (Lipinski definition) is 0. The zero-order valence-corrected chi connectivity index (χ0v) is 11.8. The number of thioether (sulfide) groups is 2. The highest BCUT2D eigenvalue weighted by Gasteiger charge is 1.96. The average Bonchev–Trinajstić information content (AvgIpc) is 2.45. The molecule has 0 aromatic carbocycles. The Morgan fingerprint density at radius 2 is 1.22 bits per heavy atom. The molecule has 2 heterocycles. The van der Waals surface area contributed by atoms with Gasteiger partial charge in [-0.2, -0.15) is 0 Å². The predicted octanol–water partition coefficient (Wildman–Crippen LogP) is 4.14. The van der Waals surface area contributed by atoms with Crippen LogP contribution in [0.3, 0.4) is 0 Å². The maximum Gasteiger partial charge on any atom is 0.0959 e. The van der Waals surface area contributed by atoms with Gasteiger partial charge < -0.3 is 0 Å². The maximum absolute atomic E-state index is 4.29. The Labute approximate surface area is 117 Å². The number of pyridine rings is 2. The average molecular weight is 276 g/mol. The summed E-state index contributed by atoms with van der Waals surface area (Å²) >= 11 is 3.66. The van der Waals surface area contributed by atoms with Crippen LogP contribution in [-0.2, 0) is 0 Å². The van der Waals surface area contributed by atoms with Gasteiger partial charge in [-0.05, 0) is 48.6 Å². The van der Waals surface area contributed by atoms with E-state index >= 15 is 0 Å². The summed E-state index contributed by atoms with van der Waals surface area (Å²) in [5.41, 5.74) is 0. The van der Waals surface area contributed by atoms with E-state index < -0.39 is 0 Å². The summed E-state index contributed by atoms with van der Waals surface area (Å²) < 4.78 is 0. The van der Waals surface area contributed by atoms with Crippen molar-refractivity contribution in [2.75, 3.05) is 11.5 Å². The Bertz CT molecular complexity index is 391. The Balaban J connectivity index is 1.54. The minimum absolute atomic E-state index is 1.12. The van der Waals surface area contributed by atoms with Crippen LogP contribution in [0.4, 0.5) is 0 Å². The normalized spacial score (nSPS) is 10.4. The molecule has 0 spiro atoms. The highest BCUT2D eigenvalue weighted by atomic mass is 32.2. The van der Waals surface area contributed by atoms with Crippen molar-refractivity contribution in [3.05, 3.63) is 48.8 Å². The molecular formula is C14H16N2S2. The summed E-state index contributed by atoms with van der Waals surface area (Å²) in [6.07, 6.45) is 6.14. The van der Waals surface area contributed by atoms with Gasteiger partial charge in [0.1, 0.15) is 0 Å². The lowest BCUT2D eigenvalue weighted by molar-refractivity contribution is 0.903. The van der Waals surface area contributed by atoms with Crippen molar-refractivity contribution in [1.29, 1.82) is 0 Å². The predicted molar refractivity (Wildman–Crippen MR) is 79.2 cm³/mol. The van der Waals surface area contributed by atoms with Crippen LogP contribution in [0.15, 0.2) is 58.8 Å². The van der Waals surface area contributed by atoms with Gasteiger partial charge in [-0.1, -0.05) is 12.1 Å². The van der Waals surface area contributed by atoms with E-state index in [9.17, 15) is 0 Å². The first-order valence-corrected chi connectivity index (χ1v) is 8.00. The molecule has 0 saturated heterocycles. The van der Waals surface area contributed by atoms with Gasteiger partial charge in [-0.25, -0.2) is 9.97 Å². The summed E-state index contributed by atoms with van der Waals surface area (Å²) in [5, 5.41) is 2.24. The van der Waals surface area contributed by atoms with Gasteiger partial charge >= 0.3 is 0 Å². The first-order valence-electron chi connectivity index (χ1n) is 6.03. The van der Waals surface area contributed by atoms with Crippen LogP contribution in [0.2, 0.25) is 0 Å². The summed E-state index contributed by atoms with van der Waals surface area (Å²) in [6.45, 7) is 0. The third kappa shape index (κ3) is 5.10. The molecule has 0 aliphatic heterocycles. The van der Waals surface area contributed by atoms with Crippen LogP contribution in [0.25, 0.3) is 0 Å². The Hall–Kier alpha value is -1.00. The van der Waals surface area contributed by atoms with Crippen molar-refractivity contribution < 1.29 is 0 Å². The third-order valence-electron chi connectivity index (χ3n) is 2.31. The maximum atomic E-state index is 4.29. The molecule has 2 aromatic heterocycles. The van der Waals surface area contributed by atoms with Crippen LogP contribution >= 0.6 is 23.5 Å². The van der Waals surface area contributed by atoms with Gasteiger partial charge in [0.15, 0.2) is 0 Å². The largest absolute Gasteiger partial charge is 0.250 e. The van der Waals surface area contributed by atoms with E-state index in [4.69, 9.17) is 0 Å². The molecule has 2 aromatic rings. The second kappa shape index (κ2) is 8.16. The zero-order valence-electron chi connectivity index (χ0n) is 10.2. The summed E-state index contributed by atoms with van der Waals surface area (Å²) in [5.74, 6) is 2.28. The van der Waals surface area contributed by atoms with Gasteiger partial charge in [0, 0.05) is 12.4 Å². The second-order valence-corrected chi connectivity index (χ2v) is 5.97. The lowest BCUT2D eigenvalue weighted by Crippen LogP contribution is -1.86. The first kappa shape index (κ1) is 13.4. The molecule has 0 radical (unpaired) electrons. The van der Waals surface area contributed by atoms with Gasteiger partial charge in [0.2, 0.25) is 0 Å². The fourth-order valence-electron chi connectivity index (χ4n) is 1.42. The highest BCUT2D eigenvalue weighted by Crippen LogP contribution is 2.19. The Morgan fingerprint density at radius 1 is 0.722 bits per heavy atom. The Morgan fingerprint density at radius 3 is 1.61 bits per heavy atom. The Kier molecular flexibility index (Phi) is 6.09. The van der Waals surface area contributed by atoms with E-state index in [1.54, 1.807) is 0 Å². The zero-order chi connectivity index (χ0) is 12.5. The van der Waals surface area contributed by atoms with E-state index in [1.807, 2.05) is 60.2 Å². The van der Waals surface area contributed by atoms with E-state index in [-0.39, 0.29) is 0 Å². The summed E-state index contributed by atoms with van der Waals surface area (Å²) in [6, 6.07) is 12.1. The first-order chi connectivity index (χ1) is 8.95. The fraction of sp³-hybridized carbons (Fsp3) is 0.286. The van der Waals surface area contributed by atoms with Crippen molar-refractivity contribution in [2.45, 2.75) is 22.9 Å². The van der Waals surface area contributed by atoms with Crippen molar-refractivity contribution in [3.63, 3.8) is 0 Å². The van der Waals surface area contributed by atoms with Crippen LogP contribution in [0.1, 0.15) is 12.8 Å². The molecule has 4 heteroatoms. The fourth-order valence-corrected chi connectivity index (χ4v) is 3.16. The molecule has 2 nitrogen and oxygen atoms in total. The van der Waals surface area contributed by atoms with Crippen LogP contribution in [-0.4, -0.2) is 21.5 Å². The molecule has 0 aliphatic rings. The smallest absolute Gasteiger partial charge is 0.0959 e. The molecular weight excluding hydrogens is 260 g/mol. The van der Waals surface area contributed by atoms with Crippen molar-refractivity contribution in [3.8, 4) is 0 Å². The molecule has 0 unspecified atom stereocenters. The summed E-state index contributed by atoms with van der Waals surface area (Å²) in [7, 11) is 0. The van der Waals surface area contributed by atoms with Crippen molar-refractivity contribution in [2.24, 2.45) is 0 Å². The third-order valence-corrected chi connectivity index (χ3v) is 4.37. The minimum atomic E-state index is 1.12. The number of aromatic nitrogens is 2. The molecule has 0 aliphatic carbocycles. The minimum Gasteiger partial charge on any atom is -0.250 e. The summed E-state index contributed by atoms with van der Waals surface area (Å²) in [4.78, 5) is 8.58. The molecule has 0 fully saturated rings. The number of rotatable bonds is 7. The van der Waals surface area contributed by atoms with E-state index in [0.717, 1.165) is 21.6 Å². The molecule has 0 atom stereocenters. The molecule has 0 bridgehead atoms. The van der Waals surface area contributed by atoms with Gasteiger partial charge in [0.25, 0.3) is 0 Å². The monoisotopic (exact) mass is 276 g/mol. The number of unbranched alkanes of at least 4 members (excludes halogenated alkanes) is 1. The van der Waals surface area contributed by atoms with Crippen LogP contribution < -0.4 is 0 Å². The highest BCUT2D eigenvalue weighted by molar-refractivity contribution is 7.99. The number of nitrogens with zero attached hydrogens (tertiary/aromatic N) is 2. The SMILES string of the molecule is c1ccc(SCCCCSc2ccccn2)nc1. The number of hydrogen-bond acceptors (Lipinski definition) is 4. The quantitative estimate of drug-likeness (QED) is 0.560. The molecule has 0 N–H and O–H groups in total. The van der Waals surface area contributed by atoms with Crippen molar-refractivity contribution >= 4 is 23.5 Å². The van der Waals surface area contributed by atoms with E-state index in [0.29, 0.717) is 0 Å². The molecule has 0 amide bonds. The van der Waals surface area contributed by atoms with Gasteiger partial charge in [-0.15, -0.1) is 23.5 Å². The van der Waals surface area contributed by atoms with Gasteiger partial charge in [0.05, 0.1) is 10.1 Å². The van der Waals surface area contributed by atoms with E-state index in [1.165, 1.54) is 12.8 Å². The topological polar surface area (TPSA) is 25.8 Å². The molecule has 94 valence electrons. The molecule has 0 saturated carbocycles. The van der Waals surface area contributed by atoms with E-state index in [2.05, 4.69) is 22.1 Å². The molecule has 18 heavy (non-hydrogen) atoms. The lowest BCUT2D eigenvalue weighted by Gasteiger charge is -2.01. The van der Waals surface area contributed by atoms with Crippen molar-refractivity contribution in [1.82, 2.24) is 9.97 Å².